The molecule has 1 saturated heterocycles. The molecule has 1 heterocycles. The van der Waals surface area contributed by atoms with Crippen molar-refractivity contribution in [3.63, 3.8) is 0 Å². The van der Waals surface area contributed by atoms with Crippen LogP contribution in [-0.4, -0.2) is 55.3 Å². The molecule has 0 amide bonds. The van der Waals surface area contributed by atoms with E-state index in [0.29, 0.717) is 18.5 Å². The molecule has 0 bridgehead atoms. The van der Waals surface area contributed by atoms with Crippen molar-refractivity contribution in [3.8, 4) is 5.75 Å². The van der Waals surface area contributed by atoms with Gasteiger partial charge in [0.15, 0.2) is 0 Å². The normalized spacial score (nSPS) is 25.4. The molecule has 5 heteroatoms. The van der Waals surface area contributed by atoms with E-state index in [2.05, 4.69) is 64.8 Å². The zero-order valence-corrected chi connectivity index (χ0v) is 19.6. The minimum Gasteiger partial charge on any atom is -0.497 e. The number of carbonyl (C=O) groups is 1. The van der Waals surface area contributed by atoms with Crippen LogP contribution in [0.3, 0.4) is 0 Å². The lowest BCUT2D eigenvalue weighted by Gasteiger charge is -2.43. The molecule has 2 saturated carbocycles. The number of benzene rings is 2. The third kappa shape index (κ3) is 5.10. The van der Waals surface area contributed by atoms with Gasteiger partial charge in [0.1, 0.15) is 5.75 Å². The summed E-state index contributed by atoms with van der Waals surface area (Å²) in [5.74, 6) is 0.919. The molecule has 2 N–H and O–H groups in total. The summed E-state index contributed by atoms with van der Waals surface area (Å²) in [6.45, 7) is 3.71. The quantitative estimate of drug-likeness (QED) is 0.567. The van der Waals surface area contributed by atoms with Crippen molar-refractivity contribution in [1.29, 1.82) is 0 Å². The largest absolute Gasteiger partial charge is 0.497 e. The lowest BCUT2D eigenvalue weighted by atomic mass is 9.73. The van der Waals surface area contributed by atoms with Crippen LogP contribution in [0.1, 0.15) is 49.1 Å². The summed E-state index contributed by atoms with van der Waals surface area (Å²) >= 11 is 0. The molecule has 5 nitrogen and oxygen atoms in total. The first-order chi connectivity index (χ1) is 16.0. The van der Waals surface area contributed by atoms with Crippen molar-refractivity contribution >= 4 is 5.97 Å². The van der Waals surface area contributed by atoms with Crippen LogP contribution in [0.25, 0.3) is 0 Å². The van der Waals surface area contributed by atoms with Crippen molar-refractivity contribution in [2.75, 3.05) is 33.3 Å². The molecule has 2 aliphatic carbocycles. The highest BCUT2D eigenvalue weighted by molar-refractivity contribution is 5.78. The number of nitrogens with zero attached hydrogens (tertiary/aromatic N) is 1. The van der Waals surface area contributed by atoms with E-state index in [1.165, 1.54) is 17.5 Å². The Kier molecular flexibility index (Phi) is 6.19. The molecule has 2 atom stereocenters. The van der Waals surface area contributed by atoms with E-state index in [-0.39, 0.29) is 5.41 Å². The maximum absolute atomic E-state index is 11.7. The molecular formula is C28H36N2O3. The summed E-state index contributed by atoms with van der Waals surface area (Å²) in [5, 5.41) is 13.5. The molecule has 176 valence electrons. The van der Waals surface area contributed by atoms with Crippen LogP contribution in [0, 0.1) is 10.8 Å². The van der Waals surface area contributed by atoms with E-state index < -0.39 is 11.4 Å². The van der Waals surface area contributed by atoms with Gasteiger partial charge in [0, 0.05) is 25.0 Å². The minimum absolute atomic E-state index is 0.203. The number of piperidine rings is 1. The third-order valence-corrected chi connectivity index (χ3v) is 8.25. The van der Waals surface area contributed by atoms with Gasteiger partial charge in [-0.15, -0.1) is 0 Å². The SMILES string of the molecule is COc1ccc(CC2(CN[C@@H]3C[C@@H]3c3ccccc3)CCN(CC3(C(=O)O)CC3)CC2)cc1. The Balaban J connectivity index is 1.23. The predicted molar refractivity (Wildman–Crippen MR) is 130 cm³/mol. The molecule has 1 aliphatic heterocycles. The van der Waals surface area contributed by atoms with E-state index in [0.717, 1.165) is 57.5 Å². The van der Waals surface area contributed by atoms with Gasteiger partial charge in [0.2, 0.25) is 0 Å². The summed E-state index contributed by atoms with van der Waals surface area (Å²) in [5.41, 5.74) is 2.53. The van der Waals surface area contributed by atoms with Gasteiger partial charge in [-0.25, -0.2) is 0 Å². The van der Waals surface area contributed by atoms with E-state index in [1.54, 1.807) is 7.11 Å². The average Bonchev–Trinajstić information content (AvgIpc) is 3.77. The second kappa shape index (κ2) is 9.11. The van der Waals surface area contributed by atoms with Crippen LogP contribution in [0.5, 0.6) is 5.75 Å². The number of hydrogen-bond acceptors (Lipinski definition) is 4. The van der Waals surface area contributed by atoms with Crippen molar-refractivity contribution in [1.82, 2.24) is 10.2 Å². The maximum Gasteiger partial charge on any atom is 0.310 e. The molecule has 0 radical (unpaired) electrons. The monoisotopic (exact) mass is 448 g/mol. The van der Waals surface area contributed by atoms with E-state index in [4.69, 9.17) is 4.74 Å². The van der Waals surface area contributed by atoms with Crippen molar-refractivity contribution in [3.05, 3.63) is 65.7 Å². The van der Waals surface area contributed by atoms with Crippen LogP contribution in [0.15, 0.2) is 54.6 Å². The molecule has 0 unspecified atom stereocenters. The van der Waals surface area contributed by atoms with Gasteiger partial charge in [-0.05, 0) is 80.3 Å². The van der Waals surface area contributed by atoms with Gasteiger partial charge in [0.25, 0.3) is 0 Å². The predicted octanol–water partition coefficient (Wildman–Crippen LogP) is 4.33. The van der Waals surface area contributed by atoms with Crippen LogP contribution >= 0.6 is 0 Å². The fourth-order valence-electron chi connectivity index (χ4n) is 5.63. The molecule has 0 aromatic heterocycles. The van der Waals surface area contributed by atoms with Gasteiger partial charge in [-0.1, -0.05) is 42.5 Å². The molecule has 5 rings (SSSR count). The van der Waals surface area contributed by atoms with Gasteiger partial charge in [0.05, 0.1) is 12.5 Å². The molecule has 2 aromatic rings. The zero-order chi connectivity index (χ0) is 22.9. The first-order valence-corrected chi connectivity index (χ1v) is 12.4. The van der Waals surface area contributed by atoms with E-state index in [1.807, 2.05) is 0 Å². The van der Waals surface area contributed by atoms with Crippen LogP contribution in [-0.2, 0) is 11.2 Å². The summed E-state index contributed by atoms with van der Waals surface area (Å²) in [6, 6.07) is 19.9. The second-order valence-electron chi connectivity index (χ2n) is 10.6. The highest BCUT2D eigenvalue weighted by Gasteiger charge is 2.52. The number of carboxylic acid groups (broad SMARTS) is 1. The number of hydrogen-bond donors (Lipinski definition) is 2. The number of carboxylic acids is 1. The topological polar surface area (TPSA) is 61.8 Å². The third-order valence-electron chi connectivity index (χ3n) is 8.25. The molecule has 3 fully saturated rings. The first-order valence-electron chi connectivity index (χ1n) is 12.4. The van der Waals surface area contributed by atoms with E-state index >= 15 is 0 Å². The number of methoxy groups -OCH3 is 1. The van der Waals surface area contributed by atoms with Gasteiger partial charge < -0.3 is 20.1 Å². The zero-order valence-electron chi connectivity index (χ0n) is 19.6. The van der Waals surface area contributed by atoms with Crippen molar-refractivity contribution in [2.24, 2.45) is 10.8 Å². The molecule has 3 aliphatic rings. The van der Waals surface area contributed by atoms with Crippen molar-refractivity contribution in [2.45, 2.75) is 50.5 Å². The fourth-order valence-corrected chi connectivity index (χ4v) is 5.63. The Bertz CT molecular complexity index is 947. The van der Waals surface area contributed by atoms with Crippen LogP contribution < -0.4 is 10.1 Å². The highest BCUT2D eigenvalue weighted by atomic mass is 16.5. The Morgan fingerprint density at radius 3 is 2.36 bits per heavy atom. The average molecular weight is 449 g/mol. The van der Waals surface area contributed by atoms with Crippen LogP contribution in [0.2, 0.25) is 0 Å². The maximum atomic E-state index is 11.7. The van der Waals surface area contributed by atoms with Gasteiger partial charge >= 0.3 is 5.97 Å². The van der Waals surface area contributed by atoms with Crippen molar-refractivity contribution < 1.29 is 14.6 Å². The van der Waals surface area contributed by atoms with Crippen LogP contribution in [0.4, 0.5) is 0 Å². The Morgan fingerprint density at radius 2 is 1.76 bits per heavy atom. The molecule has 33 heavy (non-hydrogen) atoms. The summed E-state index contributed by atoms with van der Waals surface area (Å²) in [4.78, 5) is 14.1. The molecule has 2 aromatic carbocycles. The summed E-state index contributed by atoms with van der Waals surface area (Å²) < 4.78 is 5.34. The number of likely N-dealkylation sites (tertiary alicyclic amines) is 1. The number of aliphatic carboxylic acids is 1. The summed E-state index contributed by atoms with van der Waals surface area (Å²) in [6.07, 6.45) is 6.13. The van der Waals surface area contributed by atoms with Gasteiger partial charge in [-0.2, -0.15) is 0 Å². The smallest absolute Gasteiger partial charge is 0.310 e. The van der Waals surface area contributed by atoms with E-state index in [9.17, 15) is 9.90 Å². The first kappa shape index (κ1) is 22.4. The molecule has 0 spiro atoms. The second-order valence-corrected chi connectivity index (χ2v) is 10.6. The fraction of sp³-hybridized carbons (Fsp3) is 0.536. The lowest BCUT2D eigenvalue weighted by Crippen LogP contribution is -2.48. The number of nitrogens with one attached hydrogen (secondary N) is 1. The minimum atomic E-state index is -0.611. The number of rotatable bonds is 10. The Morgan fingerprint density at radius 1 is 1.06 bits per heavy atom. The highest BCUT2D eigenvalue weighted by Crippen LogP contribution is 2.48. The summed E-state index contributed by atoms with van der Waals surface area (Å²) in [7, 11) is 1.71. The Hall–Kier alpha value is -2.37. The standard InChI is InChI=1S/C28H36N2O3/c1-33-23-9-7-21(8-10-23)18-27(19-29-25-17-24(25)22-5-3-2-4-6-22)13-15-30(16-14-27)20-28(11-12-28)26(31)32/h2-10,24-25,29H,11-20H2,1H3,(H,31,32)/t24-,25-/m1/s1. The molecular weight excluding hydrogens is 412 g/mol. The lowest BCUT2D eigenvalue weighted by molar-refractivity contribution is -0.144. The van der Waals surface area contributed by atoms with Gasteiger partial charge in [-0.3, -0.25) is 4.79 Å². The number of ether oxygens (including phenoxy) is 1. The Labute approximate surface area is 197 Å².